The number of amides is 2. The first kappa shape index (κ1) is 16.2. The molecule has 1 aliphatic carbocycles. The Morgan fingerprint density at radius 3 is 2.43 bits per heavy atom. The fraction of sp³-hybridized carbons (Fsp3) is 0.867. The second kappa shape index (κ2) is 7.22. The third-order valence-corrected chi connectivity index (χ3v) is 4.65. The molecule has 0 spiro atoms. The summed E-state index contributed by atoms with van der Waals surface area (Å²) in [6, 6.07) is 0.131. The van der Waals surface area contributed by atoms with Crippen molar-refractivity contribution in [2.75, 3.05) is 26.8 Å². The summed E-state index contributed by atoms with van der Waals surface area (Å²) in [7, 11) is 1.52. The molecule has 1 aliphatic heterocycles. The van der Waals surface area contributed by atoms with Gasteiger partial charge in [0.1, 0.15) is 6.61 Å². The molecule has 6 nitrogen and oxygen atoms in total. The average molecular weight is 297 g/mol. The highest BCUT2D eigenvalue weighted by atomic mass is 16.5. The molecule has 0 aromatic rings. The Hall–Kier alpha value is -1.14. The molecule has 2 amide bonds. The molecule has 2 rings (SSSR count). The van der Waals surface area contributed by atoms with E-state index < -0.39 is 5.54 Å². The van der Waals surface area contributed by atoms with Crippen molar-refractivity contribution in [3.8, 4) is 0 Å². The minimum atomic E-state index is -0.679. The highest BCUT2D eigenvalue weighted by Crippen LogP contribution is 2.26. The van der Waals surface area contributed by atoms with Crippen molar-refractivity contribution in [3.05, 3.63) is 0 Å². The molecule has 2 aliphatic rings. The van der Waals surface area contributed by atoms with Crippen LogP contribution in [0.5, 0.6) is 0 Å². The first-order valence-electron chi connectivity index (χ1n) is 7.92. The molecule has 0 atom stereocenters. The minimum Gasteiger partial charge on any atom is -0.375 e. The van der Waals surface area contributed by atoms with Gasteiger partial charge in [0.2, 0.25) is 11.8 Å². The van der Waals surface area contributed by atoms with Crippen LogP contribution in [0.3, 0.4) is 0 Å². The van der Waals surface area contributed by atoms with Crippen molar-refractivity contribution in [1.29, 1.82) is 0 Å². The molecular weight excluding hydrogens is 270 g/mol. The van der Waals surface area contributed by atoms with Crippen LogP contribution in [-0.4, -0.2) is 55.1 Å². The number of ether oxygens (including phenoxy) is 1. The summed E-state index contributed by atoms with van der Waals surface area (Å²) < 4.78 is 4.86. The molecule has 1 heterocycles. The maximum absolute atomic E-state index is 12.4. The Balaban J connectivity index is 1.78. The minimum absolute atomic E-state index is 0.0103. The number of hydrogen-bond acceptors (Lipinski definition) is 4. The smallest absolute Gasteiger partial charge is 0.248 e. The molecule has 3 N–H and O–H groups in total. The van der Waals surface area contributed by atoms with Crippen molar-refractivity contribution in [3.63, 3.8) is 0 Å². The van der Waals surface area contributed by atoms with Gasteiger partial charge in [0.25, 0.3) is 0 Å². The highest BCUT2D eigenvalue weighted by molar-refractivity contribution is 5.86. The van der Waals surface area contributed by atoms with Gasteiger partial charge in [-0.05, 0) is 25.7 Å². The fourth-order valence-corrected chi connectivity index (χ4v) is 3.23. The van der Waals surface area contributed by atoms with Crippen LogP contribution in [0.4, 0.5) is 0 Å². The second-order valence-electron chi connectivity index (χ2n) is 6.28. The molecule has 0 unspecified atom stereocenters. The predicted molar refractivity (Wildman–Crippen MR) is 79.6 cm³/mol. The van der Waals surface area contributed by atoms with E-state index in [0.29, 0.717) is 13.1 Å². The van der Waals surface area contributed by atoms with E-state index in [4.69, 9.17) is 10.5 Å². The van der Waals surface area contributed by atoms with Gasteiger partial charge in [-0.25, -0.2) is 0 Å². The summed E-state index contributed by atoms with van der Waals surface area (Å²) in [5, 5.41) is 3.09. The topological polar surface area (TPSA) is 84.7 Å². The van der Waals surface area contributed by atoms with Gasteiger partial charge >= 0.3 is 0 Å². The van der Waals surface area contributed by atoms with Crippen LogP contribution in [0.2, 0.25) is 0 Å². The van der Waals surface area contributed by atoms with Crippen LogP contribution in [0.1, 0.15) is 44.9 Å². The van der Waals surface area contributed by atoms with Crippen molar-refractivity contribution in [1.82, 2.24) is 10.2 Å². The summed E-state index contributed by atoms with van der Waals surface area (Å²) in [6.45, 7) is 1.47. The van der Waals surface area contributed by atoms with Gasteiger partial charge < -0.3 is 20.7 Å². The Labute approximate surface area is 126 Å². The van der Waals surface area contributed by atoms with Gasteiger partial charge in [0.15, 0.2) is 0 Å². The highest BCUT2D eigenvalue weighted by Gasteiger charge is 2.36. The van der Waals surface area contributed by atoms with Gasteiger partial charge in [0, 0.05) is 26.2 Å². The van der Waals surface area contributed by atoms with Crippen LogP contribution >= 0.6 is 0 Å². The van der Waals surface area contributed by atoms with Gasteiger partial charge in [-0.3, -0.25) is 9.59 Å². The van der Waals surface area contributed by atoms with E-state index in [2.05, 4.69) is 5.32 Å². The predicted octanol–water partition coefficient (Wildman–Crippen LogP) is 0.402. The second-order valence-corrected chi connectivity index (χ2v) is 6.28. The Morgan fingerprint density at radius 2 is 1.86 bits per heavy atom. The van der Waals surface area contributed by atoms with E-state index in [0.717, 1.165) is 38.5 Å². The Kier molecular flexibility index (Phi) is 5.58. The monoisotopic (exact) mass is 297 g/mol. The lowest BCUT2D eigenvalue weighted by atomic mass is 9.81. The largest absolute Gasteiger partial charge is 0.375 e. The molecule has 6 heteroatoms. The zero-order chi connectivity index (χ0) is 15.3. The number of nitrogens with one attached hydrogen (secondary N) is 1. The lowest BCUT2D eigenvalue weighted by molar-refractivity contribution is -0.136. The zero-order valence-electron chi connectivity index (χ0n) is 12.9. The van der Waals surface area contributed by atoms with E-state index in [1.54, 1.807) is 4.90 Å². The standard InChI is InChI=1S/C15H27N3O3/c1-21-11-13(19)18-9-5-12(6-10-18)17-14(20)15(16)7-3-2-4-8-15/h12H,2-11,16H2,1H3,(H,17,20). The number of nitrogens with two attached hydrogens (primary N) is 1. The van der Waals surface area contributed by atoms with Crippen LogP contribution in [0.15, 0.2) is 0 Å². The summed E-state index contributed by atoms with van der Waals surface area (Å²) in [5.74, 6) is 0.00807. The van der Waals surface area contributed by atoms with Crippen LogP contribution in [-0.2, 0) is 14.3 Å². The van der Waals surface area contributed by atoms with Crippen molar-refractivity contribution >= 4 is 11.8 Å². The summed E-state index contributed by atoms with van der Waals surface area (Å²) in [4.78, 5) is 25.9. The molecule has 1 saturated carbocycles. The van der Waals surface area contributed by atoms with E-state index >= 15 is 0 Å². The molecule has 2 fully saturated rings. The fourth-order valence-electron chi connectivity index (χ4n) is 3.23. The first-order chi connectivity index (χ1) is 10.0. The molecular formula is C15H27N3O3. The molecule has 0 aromatic carbocycles. The zero-order valence-corrected chi connectivity index (χ0v) is 12.9. The number of likely N-dealkylation sites (tertiary alicyclic amines) is 1. The molecule has 0 bridgehead atoms. The van der Waals surface area contributed by atoms with Gasteiger partial charge in [-0.1, -0.05) is 19.3 Å². The normalized spacial score (nSPS) is 22.9. The SMILES string of the molecule is COCC(=O)N1CCC(NC(=O)C2(N)CCCCC2)CC1. The number of nitrogens with zero attached hydrogens (tertiary/aromatic N) is 1. The number of hydrogen-bond donors (Lipinski definition) is 2. The van der Waals surface area contributed by atoms with E-state index in [1.807, 2.05) is 0 Å². The Bertz CT molecular complexity index is 372. The number of carbonyl (C=O) groups is 2. The average Bonchev–Trinajstić information content (AvgIpc) is 2.49. The number of carbonyl (C=O) groups excluding carboxylic acids is 2. The maximum atomic E-state index is 12.4. The van der Waals surface area contributed by atoms with Crippen LogP contribution in [0, 0.1) is 0 Å². The van der Waals surface area contributed by atoms with E-state index in [1.165, 1.54) is 13.5 Å². The molecule has 0 aromatic heterocycles. The maximum Gasteiger partial charge on any atom is 0.248 e. The summed E-state index contributed by atoms with van der Waals surface area (Å²) in [6.07, 6.45) is 6.39. The molecule has 1 saturated heterocycles. The molecule has 0 radical (unpaired) electrons. The van der Waals surface area contributed by atoms with Crippen molar-refractivity contribution < 1.29 is 14.3 Å². The first-order valence-corrected chi connectivity index (χ1v) is 7.92. The third-order valence-electron chi connectivity index (χ3n) is 4.65. The number of rotatable bonds is 4. The number of methoxy groups -OCH3 is 1. The van der Waals surface area contributed by atoms with E-state index in [-0.39, 0.29) is 24.5 Å². The lowest BCUT2D eigenvalue weighted by Crippen LogP contribution is -2.58. The van der Waals surface area contributed by atoms with Crippen molar-refractivity contribution in [2.45, 2.75) is 56.5 Å². The van der Waals surface area contributed by atoms with Gasteiger partial charge in [-0.15, -0.1) is 0 Å². The molecule has 21 heavy (non-hydrogen) atoms. The number of piperidine rings is 1. The summed E-state index contributed by atoms with van der Waals surface area (Å²) >= 11 is 0. The summed E-state index contributed by atoms with van der Waals surface area (Å²) in [5.41, 5.74) is 5.56. The van der Waals surface area contributed by atoms with E-state index in [9.17, 15) is 9.59 Å². The quantitative estimate of drug-likeness (QED) is 0.787. The van der Waals surface area contributed by atoms with Gasteiger partial charge in [0.05, 0.1) is 5.54 Å². The van der Waals surface area contributed by atoms with Crippen molar-refractivity contribution in [2.24, 2.45) is 5.73 Å². The third kappa shape index (κ3) is 4.17. The lowest BCUT2D eigenvalue weighted by Gasteiger charge is -2.36. The van der Waals surface area contributed by atoms with Gasteiger partial charge in [-0.2, -0.15) is 0 Å². The van der Waals surface area contributed by atoms with Crippen LogP contribution in [0.25, 0.3) is 0 Å². The van der Waals surface area contributed by atoms with Crippen LogP contribution < -0.4 is 11.1 Å². The Morgan fingerprint density at radius 1 is 1.24 bits per heavy atom. The molecule has 120 valence electrons.